The highest BCUT2D eigenvalue weighted by atomic mass is 15.2. The molecule has 3 rings (SSSR count). The van der Waals surface area contributed by atoms with E-state index >= 15 is 0 Å². The van der Waals surface area contributed by atoms with Crippen LogP contribution in [0.5, 0.6) is 0 Å². The minimum absolute atomic E-state index is 0.499. The lowest BCUT2D eigenvalue weighted by atomic mass is 10.1. The SMILES string of the molecule is CC1CC(C)N(c2nc3c(cc2C#N)CCC3)C1. The molecule has 0 saturated carbocycles. The van der Waals surface area contributed by atoms with Gasteiger partial charge in [0.1, 0.15) is 11.9 Å². The van der Waals surface area contributed by atoms with E-state index in [4.69, 9.17) is 4.98 Å². The summed E-state index contributed by atoms with van der Waals surface area (Å²) in [5, 5.41) is 9.35. The van der Waals surface area contributed by atoms with Gasteiger partial charge in [-0.3, -0.25) is 0 Å². The molecule has 0 radical (unpaired) electrons. The maximum Gasteiger partial charge on any atom is 0.147 e. The van der Waals surface area contributed by atoms with Crippen LogP contribution in [0.2, 0.25) is 0 Å². The van der Waals surface area contributed by atoms with Crippen LogP contribution >= 0.6 is 0 Å². The molecule has 2 unspecified atom stereocenters. The second-order valence-corrected chi connectivity index (χ2v) is 5.77. The molecule has 2 atom stereocenters. The maximum atomic E-state index is 9.35. The first-order valence-electron chi connectivity index (χ1n) is 6.88. The van der Waals surface area contributed by atoms with Gasteiger partial charge in [-0.1, -0.05) is 6.92 Å². The molecular weight excluding hydrogens is 222 g/mol. The van der Waals surface area contributed by atoms with Crippen LogP contribution in [0.15, 0.2) is 6.07 Å². The van der Waals surface area contributed by atoms with Crippen LogP contribution < -0.4 is 4.90 Å². The van der Waals surface area contributed by atoms with Gasteiger partial charge in [0.15, 0.2) is 0 Å². The summed E-state index contributed by atoms with van der Waals surface area (Å²) in [7, 11) is 0. The number of anilines is 1. The van der Waals surface area contributed by atoms with E-state index in [2.05, 4.69) is 30.9 Å². The van der Waals surface area contributed by atoms with Gasteiger partial charge in [-0.15, -0.1) is 0 Å². The number of hydrogen-bond donors (Lipinski definition) is 0. The minimum atomic E-state index is 0.499. The van der Waals surface area contributed by atoms with E-state index in [1.165, 1.54) is 24.1 Å². The zero-order chi connectivity index (χ0) is 12.7. The van der Waals surface area contributed by atoms with Crippen LogP contribution in [-0.2, 0) is 12.8 Å². The monoisotopic (exact) mass is 241 g/mol. The number of fused-ring (bicyclic) bond motifs is 1. The molecule has 0 amide bonds. The molecule has 0 aromatic carbocycles. The summed E-state index contributed by atoms with van der Waals surface area (Å²) in [5.74, 6) is 1.62. The van der Waals surface area contributed by atoms with Crippen molar-refractivity contribution in [3.63, 3.8) is 0 Å². The number of pyridine rings is 1. The Labute approximate surface area is 108 Å². The van der Waals surface area contributed by atoms with Gasteiger partial charge in [0.05, 0.1) is 5.56 Å². The van der Waals surface area contributed by atoms with Crippen LogP contribution in [-0.4, -0.2) is 17.6 Å². The Balaban J connectivity index is 2.04. The van der Waals surface area contributed by atoms with Gasteiger partial charge in [-0.2, -0.15) is 5.26 Å². The number of hydrogen-bond acceptors (Lipinski definition) is 3. The van der Waals surface area contributed by atoms with Gasteiger partial charge in [0, 0.05) is 18.3 Å². The van der Waals surface area contributed by atoms with Gasteiger partial charge in [0.25, 0.3) is 0 Å². The molecule has 3 nitrogen and oxygen atoms in total. The van der Waals surface area contributed by atoms with Gasteiger partial charge in [-0.25, -0.2) is 4.98 Å². The first kappa shape index (κ1) is 11.5. The smallest absolute Gasteiger partial charge is 0.147 e. The van der Waals surface area contributed by atoms with E-state index in [1.54, 1.807) is 0 Å². The van der Waals surface area contributed by atoms with Crippen LogP contribution in [0.4, 0.5) is 5.82 Å². The zero-order valence-electron chi connectivity index (χ0n) is 11.1. The van der Waals surface area contributed by atoms with Gasteiger partial charge in [0.2, 0.25) is 0 Å². The maximum absolute atomic E-state index is 9.35. The molecule has 2 aliphatic rings. The molecule has 1 fully saturated rings. The molecule has 1 saturated heterocycles. The number of aryl methyl sites for hydroxylation is 2. The normalized spacial score (nSPS) is 26.2. The zero-order valence-corrected chi connectivity index (χ0v) is 11.1. The summed E-state index contributed by atoms with van der Waals surface area (Å²) in [6.45, 7) is 5.54. The average Bonchev–Trinajstić information content (AvgIpc) is 2.93. The fourth-order valence-corrected chi connectivity index (χ4v) is 3.36. The lowest BCUT2D eigenvalue weighted by Crippen LogP contribution is -2.28. The topological polar surface area (TPSA) is 39.9 Å². The van der Waals surface area contributed by atoms with Crippen molar-refractivity contribution in [1.82, 2.24) is 4.98 Å². The predicted octanol–water partition coefficient (Wildman–Crippen LogP) is 2.68. The Hall–Kier alpha value is -1.56. The molecular formula is C15H19N3. The third kappa shape index (κ3) is 1.77. The van der Waals surface area contributed by atoms with Crippen molar-refractivity contribution >= 4 is 5.82 Å². The van der Waals surface area contributed by atoms with E-state index in [9.17, 15) is 5.26 Å². The Morgan fingerprint density at radius 1 is 1.39 bits per heavy atom. The van der Waals surface area contributed by atoms with Crippen molar-refractivity contribution in [2.24, 2.45) is 5.92 Å². The molecule has 18 heavy (non-hydrogen) atoms. The Morgan fingerprint density at radius 3 is 2.89 bits per heavy atom. The van der Waals surface area contributed by atoms with Gasteiger partial charge >= 0.3 is 0 Å². The summed E-state index contributed by atoms with van der Waals surface area (Å²) in [5.41, 5.74) is 3.27. The molecule has 1 aliphatic heterocycles. The van der Waals surface area contributed by atoms with Crippen LogP contribution in [0, 0.1) is 17.2 Å². The average molecular weight is 241 g/mol. The van der Waals surface area contributed by atoms with E-state index < -0.39 is 0 Å². The minimum Gasteiger partial charge on any atom is -0.353 e. The number of nitriles is 1. The van der Waals surface area contributed by atoms with Crippen molar-refractivity contribution in [2.45, 2.75) is 45.6 Å². The Kier molecular flexibility index (Phi) is 2.74. The number of nitrogens with zero attached hydrogens (tertiary/aromatic N) is 3. The fraction of sp³-hybridized carbons (Fsp3) is 0.600. The number of aromatic nitrogens is 1. The molecule has 0 spiro atoms. The largest absolute Gasteiger partial charge is 0.353 e. The van der Waals surface area contributed by atoms with Crippen LogP contribution in [0.3, 0.4) is 0 Å². The summed E-state index contributed by atoms with van der Waals surface area (Å²) in [6, 6.07) is 4.90. The molecule has 0 N–H and O–H groups in total. The highest BCUT2D eigenvalue weighted by Gasteiger charge is 2.30. The summed E-state index contributed by atoms with van der Waals surface area (Å²) in [6.07, 6.45) is 4.54. The molecule has 1 aliphatic carbocycles. The second kappa shape index (κ2) is 4.28. The van der Waals surface area contributed by atoms with Crippen molar-refractivity contribution in [1.29, 1.82) is 5.26 Å². The Morgan fingerprint density at radius 2 is 2.22 bits per heavy atom. The molecule has 1 aromatic heterocycles. The summed E-state index contributed by atoms with van der Waals surface area (Å²) in [4.78, 5) is 7.12. The highest BCUT2D eigenvalue weighted by molar-refractivity contribution is 5.58. The molecule has 3 heteroatoms. The lowest BCUT2D eigenvalue weighted by Gasteiger charge is -2.24. The van der Waals surface area contributed by atoms with Crippen LogP contribution in [0.1, 0.15) is 43.5 Å². The lowest BCUT2D eigenvalue weighted by molar-refractivity contribution is 0.625. The third-order valence-electron chi connectivity index (χ3n) is 4.21. The molecule has 94 valence electrons. The van der Waals surface area contributed by atoms with E-state index in [1.807, 2.05) is 0 Å². The fourth-order valence-electron chi connectivity index (χ4n) is 3.36. The first-order valence-corrected chi connectivity index (χ1v) is 6.88. The number of rotatable bonds is 1. The van der Waals surface area contributed by atoms with Crippen molar-refractivity contribution in [3.05, 3.63) is 22.9 Å². The van der Waals surface area contributed by atoms with Crippen molar-refractivity contribution in [3.8, 4) is 6.07 Å². The van der Waals surface area contributed by atoms with E-state index in [0.717, 1.165) is 30.8 Å². The second-order valence-electron chi connectivity index (χ2n) is 5.77. The van der Waals surface area contributed by atoms with E-state index in [0.29, 0.717) is 12.0 Å². The Bertz CT molecular complexity index is 515. The first-order chi connectivity index (χ1) is 8.69. The highest BCUT2D eigenvalue weighted by Crippen LogP contribution is 2.32. The van der Waals surface area contributed by atoms with Gasteiger partial charge in [-0.05, 0) is 50.2 Å². The predicted molar refractivity (Wildman–Crippen MR) is 71.6 cm³/mol. The molecule has 1 aromatic rings. The molecule has 0 bridgehead atoms. The molecule has 2 heterocycles. The van der Waals surface area contributed by atoms with E-state index in [-0.39, 0.29) is 0 Å². The summed E-state index contributed by atoms with van der Waals surface area (Å²) >= 11 is 0. The van der Waals surface area contributed by atoms with Gasteiger partial charge < -0.3 is 4.90 Å². The third-order valence-corrected chi connectivity index (χ3v) is 4.21. The van der Waals surface area contributed by atoms with Crippen molar-refractivity contribution < 1.29 is 0 Å². The van der Waals surface area contributed by atoms with Crippen molar-refractivity contribution in [2.75, 3.05) is 11.4 Å². The van der Waals surface area contributed by atoms with Crippen LogP contribution in [0.25, 0.3) is 0 Å². The standard InChI is InChI=1S/C15H19N3/c1-10-6-11(2)18(9-10)15-13(8-16)7-12-4-3-5-14(12)17-15/h7,10-11H,3-6,9H2,1-2H3. The summed E-state index contributed by atoms with van der Waals surface area (Å²) < 4.78 is 0. The quantitative estimate of drug-likeness (QED) is 0.759.